The fraction of sp³-hybridized carbons (Fsp3) is 0.538. The molecule has 1 nitrogen and oxygen atoms in total. The number of rotatable bonds is 1. The molecule has 82 valence electrons. The Labute approximate surface area is 90.7 Å². The molecular weight excluding hydrogens is 189 g/mol. The number of nitrogens with one attached hydrogen (secondary N) is 1. The van der Waals surface area contributed by atoms with Gasteiger partial charge in [0.15, 0.2) is 0 Å². The van der Waals surface area contributed by atoms with Gasteiger partial charge in [-0.3, -0.25) is 0 Å². The Hall–Kier alpha value is -0.890. The van der Waals surface area contributed by atoms with Crippen LogP contribution in [-0.4, -0.2) is 13.1 Å². The molecule has 0 saturated carbocycles. The van der Waals surface area contributed by atoms with E-state index >= 15 is 0 Å². The van der Waals surface area contributed by atoms with Crippen LogP contribution in [0.15, 0.2) is 24.3 Å². The van der Waals surface area contributed by atoms with Crippen LogP contribution in [0.2, 0.25) is 0 Å². The molecule has 1 fully saturated rings. The van der Waals surface area contributed by atoms with Gasteiger partial charge in [0.2, 0.25) is 0 Å². The Morgan fingerprint density at radius 1 is 1.13 bits per heavy atom. The quantitative estimate of drug-likeness (QED) is 0.746. The molecule has 1 saturated heterocycles. The molecule has 0 spiro atoms. The highest BCUT2D eigenvalue weighted by atomic mass is 19.1. The fourth-order valence-electron chi connectivity index (χ4n) is 2.17. The summed E-state index contributed by atoms with van der Waals surface area (Å²) in [6.07, 6.45) is 2.16. The summed E-state index contributed by atoms with van der Waals surface area (Å²) in [5.41, 5.74) is 0.919. The minimum Gasteiger partial charge on any atom is -0.317 e. The van der Waals surface area contributed by atoms with E-state index < -0.39 is 5.67 Å². The molecule has 0 aliphatic carbocycles. The van der Waals surface area contributed by atoms with Crippen LogP contribution in [0, 0.1) is 6.92 Å². The number of aryl methyl sites for hydroxylation is 1. The second-order valence-corrected chi connectivity index (χ2v) is 4.43. The van der Waals surface area contributed by atoms with E-state index in [0.29, 0.717) is 12.8 Å². The summed E-state index contributed by atoms with van der Waals surface area (Å²) in [6, 6.07) is 7.85. The molecule has 1 aromatic carbocycles. The van der Waals surface area contributed by atoms with Gasteiger partial charge in [-0.15, -0.1) is 0 Å². The summed E-state index contributed by atoms with van der Waals surface area (Å²) < 4.78 is 14.7. The van der Waals surface area contributed by atoms with Crippen LogP contribution in [0.5, 0.6) is 0 Å². The Kier molecular flexibility index (Phi) is 3.06. The summed E-state index contributed by atoms with van der Waals surface area (Å²) >= 11 is 0. The molecule has 1 atom stereocenters. The van der Waals surface area contributed by atoms with Gasteiger partial charge in [-0.1, -0.05) is 29.8 Å². The van der Waals surface area contributed by atoms with Crippen LogP contribution < -0.4 is 5.32 Å². The second-order valence-electron chi connectivity index (χ2n) is 4.43. The van der Waals surface area contributed by atoms with E-state index in [1.807, 2.05) is 31.2 Å². The Morgan fingerprint density at radius 2 is 1.87 bits per heavy atom. The van der Waals surface area contributed by atoms with E-state index in [1.165, 1.54) is 5.56 Å². The molecule has 1 heterocycles. The van der Waals surface area contributed by atoms with Crippen molar-refractivity contribution < 1.29 is 4.39 Å². The average molecular weight is 207 g/mol. The SMILES string of the molecule is Cc1ccc(C2(F)CCCNCC2)cc1. The minimum atomic E-state index is -1.11. The first-order valence-corrected chi connectivity index (χ1v) is 5.67. The molecule has 2 rings (SSSR count). The van der Waals surface area contributed by atoms with Crippen molar-refractivity contribution in [3.05, 3.63) is 35.4 Å². The molecular formula is C13H18FN. The number of hydrogen-bond acceptors (Lipinski definition) is 1. The molecule has 15 heavy (non-hydrogen) atoms. The smallest absolute Gasteiger partial charge is 0.137 e. The van der Waals surface area contributed by atoms with Crippen molar-refractivity contribution in [1.82, 2.24) is 5.32 Å². The number of halogens is 1. The summed E-state index contributed by atoms with van der Waals surface area (Å²) in [5, 5.41) is 3.24. The molecule has 1 aliphatic heterocycles. The van der Waals surface area contributed by atoms with Crippen LogP contribution >= 0.6 is 0 Å². The second kappa shape index (κ2) is 4.31. The van der Waals surface area contributed by atoms with Crippen molar-refractivity contribution in [2.75, 3.05) is 13.1 Å². The van der Waals surface area contributed by atoms with E-state index in [4.69, 9.17) is 0 Å². The van der Waals surface area contributed by atoms with Crippen molar-refractivity contribution in [3.8, 4) is 0 Å². The Morgan fingerprint density at radius 3 is 2.60 bits per heavy atom. The third-order valence-corrected chi connectivity index (χ3v) is 3.19. The van der Waals surface area contributed by atoms with Crippen LogP contribution in [0.3, 0.4) is 0 Å². The highest BCUT2D eigenvalue weighted by Crippen LogP contribution is 2.35. The topological polar surface area (TPSA) is 12.0 Å². The van der Waals surface area contributed by atoms with Gasteiger partial charge in [0.1, 0.15) is 5.67 Å². The maximum Gasteiger partial charge on any atom is 0.137 e. The van der Waals surface area contributed by atoms with Gasteiger partial charge in [0, 0.05) is 0 Å². The number of alkyl halides is 1. The summed E-state index contributed by atoms with van der Waals surface area (Å²) in [5.74, 6) is 0. The molecule has 1 unspecified atom stereocenters. The summed E-state index contributed by atoms with van der Waals surface area (Å²) in [6.45, 7) is 3.76. The summed E-state index contributed by atoms with van der Waals surface area (Å²) in [7, 11) is 0. The van der Waals surface area contributed by atoms with E-state index in [9.17, 15) is 4.39 Å². The Bertz CT molecular complexity index is 310. The van der Waals surface area contributed by atoms with Gasteiger partial charge in [-0.2, -0.15) is 0 Å². The van der Waals surface area contributed by atoms with Gasteiger partial charge < -0.3 is 5.32 Å². The number of hydrogen-bond donors (Lipinski definition) is 1. The third-order valence-electron chi connectivity index (χ3n) is 3.19. The molecule has 2 heteroatoms. The first-order chi connectivity index (χ1) is 7.21. The average Bonchev–Trinajstić information content (AvgIpc) is 2.45. The lowest BCUT2D eigenvalue weighted by molar-refractivity contribution is 0.145. The van der Waals surface area contributed by atoms with E-state index in [2.05, 4.69) is 5.32 Å². The molecule has 0 amide bonds. The van der Waals surface area contributed by atoms with Crippen molar-refractivity contribution in [2.45, 2.75) is 31.9 Å². The molecule has 0 radical (unpaired) electrons. The molecule has 1 aliphatic rings. The lowest BCUT2D eigenvalue weighted by Gasteiger charge is -2.23. The molecule has 1 N–H and O–H groups in total. The van der Waals surface area contributed by atoms with Crippen LogP contribution in [-0.2, 0) is 5.67 Å². The predicted octanol–water partition coefficient (Wildman–Crippen LogP) is 2.93. The van der Waals surface area contributed by atoms with Gasteiger partial charge in [-0.05, 0) is 44.8 Å². The highest BCUT2D eigenvalue weighted by molar-refractivity contribution is 5.26. The maximum absolute atomic E-state index is 14.7. The van der Waals surface area contributed by atoms with Gasteiger partial charge in [0.05, 0.1) is 0 Å². The van der Waals surface area contributed by atoms with E-state index in [-0.39, 0.29) is 0 Å². The molecule has 0 bridgehead atoms. The fourth-order valence-corrected chi connectivity index (χ4v) is 2.17. The van der Waals surface area contributed by atoms with Crippen molar-refractivity contribution in [2.24, 2.45) is 0 Å². The van der Waals surface area contributed by atoms with Crippen LogP contribution in [0.4, 0.5) is 4.39 Å². The van der Waals surface area contributed by atoms with Gasteiger partial charge >= 0.3 is 0 Å². The number of benzene rings is 1. The highest BCUT2D eigenvalue weighted by Gasteiger charge is 2.32. The zero-order valence-electron chi connectivity index (χ0n) is 9.22. The first kappa shape index (κ1) is 10.6. The van der Waals surface area contributed by atoms with Crippen molar-refractivity contribution in [1.29, 1.82) is 0 Å². The Balaban J connectivity index is 2.22. The third kappa shape index (κ3) is 2.37. The maximum atomic E-state index is 14.7. The van der Waals surface area contributed by atoms with Crippen LogP contribution in [0.25, 0.3) is 0 Å². The first-order valence-electron chi connectivity index (χ1n) is 5.67. The standard InChI is InChI=1S/C13H18FN/c1-11-3-5-12(6-4-11)13(14)7-2-9-15-10-8-13/h3-6,15H,2,7-10H2,1H3. The van der Waals surface area contributed by atoms with E-state index in [1.54, 1.807) is 0 Å². The lowest BCUT2D eigenvalue weighted by atomic mass is 9.88. The van der Waals surface area contributed by atoms with Crippen molar-refractivity contribution in [3.63, 3.8) is 0 Å². The zero-order valence-corrected chi connectivity index (χ0v) is 9.22. The minimum absolute atomic E-state index is 0.593. The zero-order chi connectivity index (χ0) is 10.7. The van der Waals surface area contributed by atoms with Crippen LogP contribution in [0.1, 0.15) is 30.4 Å². The molecule has 1 aromatic rings. The largest absolute Gasteiger partial charge is 0.317 e. The van der Waals surface area contributed by atoms with E-state index in [0.717, 1.165) is 25.1 Å². The lowest BCUT2D eigenvalue weighted by Crippen LogP contribution is -2.22. The monoisotopic (exact) mass is 207 g/mol. The molecule has 0 aromatic heterocycles. The van der Waals surface area contributed by atoms with Gasteiger partial charge in [-0.25, -0.2) is 4.39 Å². The normalized spacial score (nSPS) is 27.3. The van der Waals surface area contributed by atoms with Gasteiger partial charge in [0.25, 0.3) is 0 Å². The predicted molar refractivity (Wildman–Crippen MR) is 60.7 cm³/mol. The summed E-state index contributed by atoms with van der Waals surface area (Å²) in [4.78, 5) is 0. The van der Waals surface area contributed by atoms with Crippen molar-refractivity contribution >= 4 is 0 Å².